The van der Waals surface area contributed by atoms with Crippen LogP contribution < -0.4 is 0 Å². The first-order chi connectivity index (χ1) is 5.77. The van der Waals surface area contributed by atoms with Crippen LogP contribution in [-0.2, 0) is 0 Å². The van der Waals surface area contributed by atoms with Crippen molar-refractivity contribution < 1.29 is 0 Å². The molecule has 0 bridgehead atoms. The molecule has 2 rings (SSSR count). The van der Waals surface area contributed by atoms with E-state index in [1.54, 1.807) is 22.3 Å². The topological polar surface area (TPSA) is 0 Å². The molecule has 66 valence electrons. The van der Waals surface area contributed by atoms with Crippen LogP contribution in [0.25, 0.3) is 0 Å². The van der Waals surface area contributed by atoms with E-state index in [0.717, 1.165) is 0 Å². The van der Waals surface area contributed by atoms with Gasteiger partial charge >= 0.3 is 0 Å². The molecule has 0 heterocycles. The van der Waals surface area contributed by atoms with Crippen LogP contribution in [-0.4, -0.2) is 0 Å². The largest absolute Gasteiger partial charge is 0.0738 e. The van der Waals surface area contributed by atoms with Crippen molar-refractivity contribution >= 4 is 0 Å². The zero-order valence-electron chi connectivity index (χ0n) is 8.24. The maximum Gasteiger partial charge on any atom is -0.0280 e. The van der Waals surface area contributed by atoms with Crippen molar-refractivity contribution in [3.8, 4) is 0 Å². The van der Waals surface area contributed by atoms with Gasteiger partial charge in [0.05, 0.1) is 0 Å². The minimum Gasteiger partial charge on any atom is -0.0738 e. The summed E-state index contributed by atoms with van der Waals surface area (Å²) in [6.45, 7) is 4.63. The molecular formula is C12H18. The van der Waals surface area contributed by atoms with Gasteiger partial charge in [-0.25, -0.2) is 0 Å². The predicted octanol–water partition coefficient (Wildman–Crippen LogP) is 3.99. The quantitative estimate of drug-likeness (QED) is 0.550. The molecule has 2 aliphatic rings. The summed E-state index contributed by atoms with van der Waals surface area (Å²) in [5.41, 5.74) is 6.83. The molecule has 2 aliphatic carbocycles. The zero-order chi connectivity index (χ0) is 8.55. The molecule has 0 nitrogen and oxygen atoms in total. The molecule has 12 heavy (non-hydrogen) atoms. The summed E-state index contributed by atoms with van der Waals surface area (Å²) in [5.74, 6) is 0. The van der Waals surface area contributed by atoms with Crippen molar-refractivity contribution in [2.45, 2.75) is 52.4 Å². The number of allylic oxidation sites excluding steroid dienone is 4. The fraction of sp³-hybridized carbons (Fsp3) is 0.667. The number of hydrogen-bond acceptors (Lipinski definition) is 0. The Bertz CT molecular complexity index is 213. The first-order valence-corrected chi connectivity index (χ1v) is 5.12. The van der Waals surface area contributed by atoms with Crippen LogP contribution in [0.4, 0.5) is 0 Å². The SMILES string of the molecule is CC(CCC(C)=C1CC1)=C1CC1. The Balaban J connectivity index is 1.81. The van der Waals surface area contributed by atoms with Gasteiger partial charge in [-0.05, 0) is 52.4 Å². The smallest absolute Gasteiger partial charge is 0.0280 e. The molecule has 0 N–H and O–H groups in total. The van der Waals surface area contributed by atoms with E-state index in [1.165, 1.54) is 38.5 Å². The molecule has 0 unspecified atom stereocenters. The molecule has 2 fully saturated rings. The number of rotatable bonds is 3. The summed E-state index contributed by atoms with van der Waals surface area (Å²) in [4.78, 5) is 0. The Morgan fingerprint density at radius 3 is 1.42 bits per heavy atom. The summed E-state index contributed by atoms with van der Waals surface area (Å²) < 4.78 is 0. The minimum atomic E-state index is 1.32. The third kappa shape index (κ3) is 2.00. The van der Waals surface area contributed by atoms with E-state index in [2.05, 4.69) is 13.8 Å². The van der Waals surface area contributed by atoms with Gasteiger partial charge in [0.25, 0.3) is 0 Å². The van der Waals surface area contributed by atoms with Crippen LogP contribution in [0.3, 0.4) is 0 Å². The summed E-state index contributed by atoms with van der Waals surface area (Å²) in [7, 11) is 0. The minimum absolute atomic E-state index is 1.32. The Hall–Kier alpha value is -0.520. The molecule has 0 aromatic heterocycles. The van der Waals surface area contributed by atoms with Gasteiger partial charge in [-0.1, -0.05) is 22.3 Å². The van der Waals surface area contributed by atoms with Crippen LogP contribution in [0.5, 0.6) is 0 Å². The molecule has 2 saturated carbocycles. The summed E-state index contributed by atoms with van der Waals surface area (Å²) in [6.07, 6.45) is 8.21. The summed E-state index contributed by atoms with van der Waals surface area (Å²) in [6, 6.07) is 0. The van der Waals surface area contributed by atoms with Crippen molar-refractivity contribution in [2.75, 3.05) is 0 Å². The number of hydrogen-bond donors (Lipinski definition) is 0. The third-order valence-corrected chi connectivity index (χ3v) is 3.08. The highest BCUT2D eigenvalue weighted by Gasteiger charge is 2.16. The maximum atomic E-state index is 2.31. The van der Waals surface area contributed by atoms with Gasteiger partial charge in [-0.3, -0.25) is 0 Å². The van der Waals surface area contributed by atoms with Crippen LogP contribution in [0.1, 0.15) is 52.4 Å². The maximum absolute atomic E-state index is 2.31. The first-order valence-electron chi connectivity index (χ1n) is 5.12. The van der Waals surface area contributed by atoms with E-state index in [1.807, 2.05) is 0 Å². The van der Waals surface area contributed by atoms with Crippen molar-refractivity contribution in [1.82, 2.24) is 0 Å². The van der Waals surface area contributed by atoms with E-state index in [9.17, 15) is 0 Å². The Kier molecular flexibility index (Phi) is 2.08. The molecule has 0 spiro atoms. The van der Waals surface area contributed by atoms with Gasteiger partial charge in [0.1, 0.15) is 0 Å². The van der Waals surface area contributed by atoms with Crippen molar-refractivity contribution in [2.24, 2.45) is 0 Å². The molecular weight excluding hydrogens is 144 g/mol. The summed E-state index contributed by atoms with van der Waals surface area (Å²) in [5, 5.41) is 0. The molecule has 0 aromatic rings. The lowest BCUT2D eigenvalue weighted by molar-refractivity contribution is 0.914. The van der Waals surface area contributed by atoms with Gasteiger partial charge in [-0.15, -0.1) is 0 Å². The van der Waals surface area contributed by atoms with Gasteiger partial charge in [0.2, 0.25) is 0 Å². The molecule has 0 heteroatoms. The lowest BCUT2D eigenvalue weighted by Crippen LogP contribution is -1.80. The second kappa shape index (κ2) is 3.08. The van der Waals surface area contributed by atoms with Crippen molar-refractivity contribution in [3.63, 3.8) is 0 Å². The fourth-order valence-electron chi connectivity index (χ4n) is 1.71. The van der Waals surface area contributed by atoms with E-state index in [0.29, 0.717) is 0 Å². The molecule has 0 atom stereocenters. The van der Waals surface area contributed by atoms with E-state index < -0.39 is 0 Å². The predicted molar refractivity (Wildman–Crippen MR) is 53.1 cm³/mol. The van der Waals surface area contributed by atoms with Crippen LogP contribution in [0.2, 0.25) is 0 Å². The second-order valence-corrected chi connectivity index (χ2v) is 4.27. The highest BCUT2D eigenvalue weighted by atomic mass is 14.2. The van der Waals surface area contributed by atoms with Gasteiger partial charge in [0.15, 0.2) is 0 Å². The van der Waals surface area contributed by atoms with E-state index in [4.69, 9.17) is 0 Å². The van der Waals surface area contributed by atoms with Gasteiger partial charge in [0, 0.05) is 0 Å². The van der Waals surface area contributed by atoms with Crippen LogP contribution >= 0.6 is 0 Å². The lowest BCUT2D eigenvalue weighted by Gasteiger charge is -2.00. The Morgan fingerprint density at radius 1 is 0.833 bits per heavy atom. The highest BCUT2D eigenvalue weighted by molar-refractivity contribution is 5.27. The average molecular weight is 162 g/mol. The lowest BCUT2D eigenvalue weighted by atomic mass is 10.1. The van der Waals surface area contributed by atoms with Crippen molar-refractivity contribution in [3.05, 3.63) is 22.3 Å². The Labute approximate surface area is 75.4 Å². The molecule has 0 aromatic carbocycles. The molecule has 0 aliphatic heterocycles. The third-order valence-electron chi connectivity index (χ3n) is 3.08. The van der Waals surface area contributed by atoms with E-state index >= 15 is 0 Å². The van der Waals surface area contributed by atoms with Crippen LogP contribution in [0.15, 0.2) is 22.3 Å². The molecule has 0 saturated heterocycles. The summed E-state index contributed by atoms with van der Waals surface area (Å²) >= 11 is 0. The monoisotopic (exact) mass is 162 g/mol. The average Bonchev–Trinajstić information content (AvgIpc) is 2.91. The highest BCUT2D eigenvalue weighted by Crippen LogP contribution is 2.36. The zero-order valence-corrected chi connectivity index (χ0v) is 8.24. The second-order valence-electron chi connectivity index (χ2n) is 4.27. The van der Waals surface area contributed by atoms with Gasteiger partial charge in [-0.2, -0.15) is 0 Å². The first kappa shape index (κ1) is 8.10. The fourth-order valence-corrected chi connectivity index (χ4v) is 1.71. The standard InChI is InChI=1S/C12H18/c1-9(11-5-6-11)3-4-10(2)12-7-8-12/h3-8H2,1-2H3. The molecule has 0 amide bonds. The van der Waals surface area contributed by atoms with Crippen LogP contribution in [0, 0.1) is 0 Å². The van der Waals surface area contributed by atoms with E-state index in [-0.39, 0.29) is 0 Å². The Morgan fingerprint density at radius 2 is 1.17 bits per heavy atom. The van der Waals surface area contributed by atoms with Crippen molar-refractivity contribution in [1.29, 1.82) is 0 Å². The van der Waals surface area contributed by atoms with Gasteiger partial charge < -0.3 is 0 Å². The normalized spacial score (nSPS) is 19.5. The molecule has 0 radical (unpaired) electrons.